The van der Waals surface area contributed by atoms with Gasteiger partial charge in [-0.3, -0.25) is 14.5 Å². The molecule has 0 spiro atoms. The van der Waals surface area contributed by atoms with E-state index >= 15 is 0 Å². The largest absolute Gasteiger partial charge is 0.489 e. The lowest BCUT2D eigenvalue weighted by atomic mass is 9.94. The van der Waals surface area contributed by atoms with E-state index in [9.17, 15) is 18.4 Å². The molecule has 2 amide bonds. The Kier molecular flexibility index (Phi) is 12.9. The predicted molar refractivity (Wildman–Crippen MR) is 212 cm³/mol. The molecule has 0 saturated carbocycles. The van der Waals surface area contributed by atoms with E-state index in [0.717, 1.165) is 16.7 Å². The van der Waals surface area contributed by atoms with E-state index < -0.39 is 11.6 Å². The van der Waals surface area contributed by atoms with Crippen molar-refractivity contribution in [3.63, 3.8) is 0 Å². The summed E-state index contributed by atoms with van der Waals surface area (Å²) in [6.07, 6.45) is 0.00105. The van der Waals surface area contributed by atoms with Crippen LogP contribution in [0.4, 0.5) is 8.78 Å². The third-order valence-corrected chi connectivity index (χ3v) is 9.48. The summed E-state index contributed by atoms with van der Waals surface area (Å²) in [5, 5.41) is 3.19. The SMILES string of the molecule is CN(Cc1ccc(OCc2ccccc2F)cc1)N(C(=O)Cc1ccccc1)C(C(N)=O)(c1ccccc1)N(C)Cc1ccc(OCc2cccc(F)c2)cc1. The van der Waals surface area contributed by atoms with E-state index in [1.807, 2.05) is 84.9 Å². The van der Waals surface area contributed by atoms with Crippen molar-refractivity contribution in [1.82, 2.24) is 14.9 Å². The number of hydrogen-bond donors (Lipinski definition) is 1. The average molecular weight is 755 g/mol. The van der Waals surface area contributed by atoms with E-state index in [2.05, 4.69) is 0 Å². The molecule has 6 aromatic carbocycles. The first-order chi connectivity index (χ1) is 27.1. The summed E-state index contributed by atoms with van der Waals surface area (Å²) in [6.45, 7) is 0.715. The molecule has 0 aliphatic heterocycles. The van der Waals surface area contributed by atoms with E-state index in [1.54, 1.807) is 78.6 Å². The third kappa shape index (κ3) is 9.46. The predicted octanol–water partition coefficient (Wildman–Crippen LogP) is 8.01. The van der Waals surface area contributed by atoms with Gasteiger partial charge in [0, 0.05) is 31.3 Å². The van der Waals surface area contributed by atoms with Crippen LogP contribution >= 0.6 is 0 Å². The zero-order valence-corrected chi connectivity index (χ0v) is 31.4. The van der Waals surface area contributed by atoms with Gasteiger partial charge in [-0.05, 0) is 71.8 Å². The van der Waals surface area contributed by atoms with Crippen molar-refractivity contribution in [3.8, 4) is 11.5 Å². The molecule has 10 heteroatoms. The minimum Gasteiger partial charge on any atom is -0.489 e. The molecule has 0 radical (unpaired) electrons. The second-order valence-electron chi connectivity index (χ2n) is 13.5. The Morgan fingerprint density at radius 2 is 1.16 bits per heavy atom. The summed E-state index contributed by atoms with van der Waals surface area (Å²) in [7, 11) is 3.52. The second kappa shape index (κ2) is 18.3. The number of primary amides is 1. The summed E-state index contributed by atoms with van der Waals surface area (Å²) in [5.41, 5.74) is 8.78. The van der Waals surface area contributed by atoms with E-state index in [-0.39, 0.29) is 50.3 Å². The number of hydrogen-bond acceptors (Lipinski definition) is 6. The van der Waals surface area contributed by atoms with Gasteiger partial charge in [0.2, 0.25) is 11.6 Å². The molecule has 0 bridgehead atoms. The van der Waals surface area contributed by atoms with Crippen LogP contribution in [0.3, 0.4) is 0 Å². The number of hydrazine groups is 1. The number of amides is 2. The topological polar surface area (TPSA) is 88.3 Å². The number of carbonyl (C=O) groups excluding carboxylic acids is 2. The number of halogens is 2. The molecular formula is C46H44F2N4O4. The van der Waals surface area contributed by atoms with Crippen molar-refractivity contribution in [2.24, 2.45) is 5.73 Å². The highest BCUT2D eigenvalue weighted by atomic mass is 19.1. The van der Waals surface area contributed by atoms with Crippen molar-refractivity contribution in [2.75, 3.05) is 14.1 Å². The number of carbonyl (C=O) groups is 2. The molecule has 1 unspecified atom stereocenters. The Morgan fingerprint density at radius 3 is 1.77 bits per heavy atom. The maximum absolute atomic E-state index is 14.7. The van der Waals surface area contributed by atoms with Crippen molar-refractivity contribution in [1.29, 1.82) is 0 Å². The lowest BCUT2D eigenvalue weighted by Gasteiger charge is -2.50. The Bertz CT molecular complexity index is 2210. The van der Waals surface area contributed by atoms with Gasteiger partial charge in [0.1, 0.15) is 36.3 Å². The summed E-state index contributed by atoms with van der Waals surface area (Å²) in [5.74, 6) is -0.615. The van der Waals surface area contributed by atoms with Gasteiger partial charge in [0.15, 0.2) is 0 Å². The summed E-state index contributed by atoms with van der Waals surface area (Å²) in [6, 6.07) is 45.8. The van der Waals surface area contributed by atoms with E-state index in [1.165, 1.54) is 23.2 Å². The number of benzene rings is 6. The highest BCUT2D eigenvalue weighted by Gasteiger charge is 2.52. The van der Waals surface area contributed by atoms with Crippen LogP contribution in [-0.2, 0) is 48.0 Å². The van der Waals surface area contributed by atoms with Gasteiger partial charge < -0.3 is 15.2 Å². The number of ether oxygens (including phenoxy) is 2. The number of nitrogens with two attached hydrogens (primary N) is 1. The average Bonchev–Trinajstić information content (AvgIpc) is 3.20. The van der Waals surface area contributed by atoms with Gasteiger partial charge in [-0.1, -0.05) is 115 Å². The number of nitrogens with zero attached hydrogens (tertiary/aromatic N) is 3. The van der Waals surface area contributed by atoms with Gasteiger partial charge in [-0.25, -0.2) is 18.8 Å². The minimum absolute atomic E-state index is 0.00105. The maximum Gasteiger partial charge on any atom is 0.265 e. The van der Waals surface area contributed by atoms with Crippen LogP contribution < -0.4 is 15.2 Å². The first-order valence-electron chi connectivity index (χ1n) is 18.2. The quantitative estimate of drug-likeness (QED) is 0.0750. The Morgan fingerprint density at radius 1 is 0.607 bits per heavy atom. The van der Waals surface area contributed by atoms with Crippen molar-refractivity contribution >= 4 is 11.8 Å². The molecule has 6 rings (SSSR count). The molecular weight excluding hydrogens is 711 g/mol. The number of rotatable bonds is 17. The van der Waals surface area contributed by atoms with Crippen LogP contribution in [0, 0.1) is 11.6 Å². The molecule has 0 fully saturated rings. The van der Waals surface area contributed by atoms with Gasteiger partial charge in [0.25, 0.3) is 5.91 Å². The smallest absolute Gasteiger partial charge is 0.265 e. The normalized spacial score (nSPS) is 12.2. The summed E-state index contributed by atoms with van der Waals surface area (Å²) >= 11 is 0. The van der Waals surface area contributed by atoms with Gasteiger partial charge >= 0.3 is 0 Å². The monoisotopic (exact) mass is 754 g/mol. The molecule has 0 saturated heterocycles. The van der Waals surface area contributed by atoms with Crippen LogP contribution in [0.2, 0.25) is 0 Å². The molecule has 0 aromatic heterocycles. The van der Waals surface area contributed by atoms with Gasteiger partial charge in [-0.2, -0.15) is 0 Å². The summed E-state index contributed by atoms with van der Waals surface area (Å²) in [4.78, 5) is 30.8. The van der Waals surface area contributed by atoms with E-state index in [0.29, 0.717) is 28.2 Å². The van der Waals surface area contributed by atoms with Crippen molar-refractivity contribution in [3.05, 3.63) is 203 Å². The summed E-state index contributed by atoms with van der Waals surface area (Å²) < 4.78 is 39.6. The molecule has 8 nitrogen and oxygen atoms in total. The highest BCUT2D eigenvalue weighted by molar-refractivity contribution is 5.91. The van der Waals surface area contributed by atoms with Crippen LogP contribution in [-0.4, -0.2) is 40.8 Å². The van der Waals surface area contributed by atoms with Gasteiger partial charge in [0.05, 0.1) is 6.42 Å². The highest BCUT2D eigenvalue weighted by Crippen LogP contribution is 2.36. The fraction of sp³-hybridized carbons (Fsp3) is 0.174. The lowest BCUT2D eigenvalue weighted by Crippen LogP contribution is -2.69. The fourth-order valence-corrected chi connectivity index (χ4v) is 6.75. The first kappa shape index (κ1) is 39.3. The molecule has 0 aliphatic rings. The molecule has 6 aromatic rings. The Hall–Kier alpha value is -6.36. The van der Waals surface area contributed by atoms with Gasteiger partial charge in [-0.15, -0.1) is 0 Å². The standard InChI is InChI=1S/C46H44F2N4O4/c1-50(30-35-20-24-41(25-21-35)55-32-37-14-11-18-40(47)28-37)46(45(49)54,39-16-7-4-8-17-39)52(44(53)29-34-12-5-3-6-13-34)51(2)31-36-22-26-42(27-23-36)56-33-38-15-9-10-19-43(38)48/h3-28H,29-33H2,1-2H3,(H2,49,54). The molecule has 56 heavy (non-hydrogen) atoms. The fourth-order valence-electron chi connectivity index (χ4n) is 6.75. The Labute approximate surface area is 326 Å². The minimum atomic E-state index is -1.78. The first-order valence-corrected chi connectivity index (χ1v) is 18.2. The molecule has 0 aliphatic carbocycles. The lowest BCUT2D eigenvalue weighted by molar-refractivity contribution is -0.196. The third-order valence-electron chi connectivity index (χ3n) is 9.48. The maximum atomic E-state index is 14.7. The van der Waals surface area contributed by atoms with Crippen LogP contribution in [0.15, 0.2) is 158 Å². The van der Waals surface area contributed by atoms with Crippen molar-refractivity contribution < 1.29 is 27.8 Å². The number of likely N-dealkylation sites (N-methyl/N-ethyl adjacent to an activating group) is 1. The van der Waals surface area contributed by atoms with E-state index in [4.69, 9.17) is 15.2 Å². The van der Waals surface area contributed by atoms with Crippen molar-refractivity contribution in [2.45, 2.75) is 38.4 Å². The van der Waals surface area contributed by atoms with Crippen LogP contribution in [0.5, 0.6) is 11.5 Å². The Balaban J connectivity index is 1.30. The zero-order valence-electron chi connectivity index (χ0n) is 31.4. The molecule has 2 N–H and O–H groups in total. The van der Waals surface area contributed by atoms with Crippen LogP contribution in [0.25, 0.3) is 0 Å². The second-order valence-corrected chi connectivity index (χ2v) is 13.5. The van der Waals surface area contributed by atoms with Crippen LogP contribution in [0.1, 0.15) is 33.4 Å². The molecule has 1 atom stereocenters. The zero-order chi connectivity index (χ0) is 39.5. The molecule has 286 valence electrons. The molecule has 0 heterocycles.